The van der Waals surface area contributed by atoms with E-state index in [0.717, 1.165) is 15.8 Å². The van der Waals surface area contributed by atoms with E-state index in [9.17, 15) is 4.79 Å². The van der Waals surface area contributed by atoms with E-state index in [1.807, 2.05) is 30.3 Å². The molecule has 0 atom stereocenters. The molecule has 0 radical (unpaired) electrons. The van der Waals surface area contributed by atoms with Gasteiger partial charge in [0.25, 0.3) is 5.91 Å². The van der Waals surface area contributed by atoms with Crippen LogP contribution in [-0.2, 0) is 0 Å². The van der Waals surface area contributed by atoms with E-state index in [1.54, 1.807) is 24.4 Å². The van der Waals surface area contributed by atoms with Crippen molar-refractivity contribution in [2.24, 2.45) is 11.0 Å². The Morgan fingerprint density at radius 2 is 2.00 bits per heavy atom. The van der Waals surface area contributed by atoms with E-state index in [0.29, 0.717) is 18.1 Å². The molecule has 4 nitrogen and oxygen atoms in total. The predicted octanol–water partition coefficient (Wildman–Crippen LogP) is 4.25. The first-order valence-electron chi connectivity index (χ1n) is 7.36. The third-order valence-electron chi connectivity index (χ3n) is 2.93. The second-order valence-corrected chi connectivity index (χ2v) is 6.40. The molecule has 1 amide bonds. The summed E-state index contributed by atoms with van der Waals surface area (Å²) in [6.07, 6.45) is 1.60. The first-order valence-corrected chi connectivity index (χ1v) is 8.16. The molecular formula is C18H19BrN2O2. The SMILES string of the molecule is CC(C)COc1ccc(/C=N/NC(=O)c2cccc(Br)c2)cc1. The van der Waals surface area contributed by atoms with Gasteiger partial charge in [-0.15, -0.1) is 0 Å². The monoisotopic (exact) mass is 374 g/mol. The number of amides is 1. The summed E-state index contributed by atoms with van der Waals surface area (Å²) in [4.78, 5) is 11.9. The van der Waals surface area contributed by atoms with Gasteiger partial charge in [-0.05, 0) is 53.9 Å². The average molecular weight is 375 g/mol. The lowest BCUT2D eigenvalue weighted by Crippen LogP contribution is -2.17. The van der Waals surface area contributed by atoms with Gasteiger partial charge in [-0.3, -0.25) is 4.79 Å². The maximum atomic E-state index is 11.9. The smallest absolute Gasteiger partial charge is 0.271 e. The van der Waals surface area contributed by atoms with Gasteiger partial charge in [0.05, 0.1) is 12.8 Å². The average Bonchev–Trinajstić information content (AvgIpc) is 2.54. The number of halogens is 1. The van der Waals surface area contributed by atoms with Crippen LogP contribution in [0.25, 0.3) is 0 Å². The van der Waals surface area contributed by atoms with Gasteiger partial charge in [0.15, 0.2) is 0 Å². The van der Waals surface area contributed by atoms with E-state index >= 15 is 0 Å². The minimum Gasteiger partial charge on any atom is -0.493 e. The molecule has 0 saturated carbocycles. The van der Waals surface area contributed by atoms with E-state index < -0.39 is 0 Å². The molecule has 0 bridgehead atoms. The Labute approximate surface area is 144 Å². The van der Waals surface area contributed by atoms with Crippen molar-refractivity contribution in [3.63, 3.8) is 0 Å². The summed E-state index contributed by atoms with van der Waals surface area (Å²) >= 11 is 3.33. The van der Waals surface area contributed by atoms with Gasteiger partial charge in [0.2, 0.25) is 0 Å². The number of hydrogen-bond donors (Lipinski definition) is 1. The molecule has 0 saturated heterocycles. The summed E-state index contributed by atoms with van der Waals surface area (Å²) in [5, 5.41) is 3.97. The number of carbonyl (C=O) groups is 1. The fourth-order valence-electron chi connectivity index (χ4n) is 1.77. The summed E-state index contributed by atoms with van der Waals surface area (Å²) in [7, 11) is 0. The first-order chi connectivity index (χ1) is 11.0. The number of rotatable bonds is 6. The maximum Gasteiger partial charge on any atom is 0.271 e. The molecule has 1 N–H and O–H groups in total. The maximum absolute atomic E-state index is 11.9. The lowest BCUT2D eigenvalue weighted by molar-refractivity contribution is 0.0955. The summed E-state index contributed by atoms with van der Waals surface area (Å²) in [6, 6.07) is 14.7. The van der Waals surface area contributed by atoms with Crippen molar-refractivity contribution < 1.29 is 9.53 Å². The standard InChI is InChI=1S/C18H19BrN2O2/c1-13(2)12-23-17-8-6-14(7-9-17)11-20-21-18(22)15-4-3-5-16(19)10-15/h3-11,13H,12H2,1-2H3,(H,21,22)/b20-11+. The Bertz CT molecular complexity index is 682. The van der Waals surface area contributed by atoms with Gasteiger partial charge >= 0.3 is 0 Å². The fourth-order valence-corrected chi connectivity index (χ4v) is 2.17. The van der Waals surface area contributed by atoms with Gasteiger partial charge in [-0.2, -0.15) is 5.10 Å². The Balaban J connectivity index is 1.89. The molecular weight excluding hydrogens is 356 g/mol. The summed E-state index contributed by atoms with van der Waals surface area (Å²) < 4.78 is 6.47. The highest BCUT2D eigenvalue weighted by Gasteiger charge is 2.03. The minimum atomic E-state index is -0.251. The highest BCUT2D eigenvalue weighted by molar-refractivity contribution is 9.10. The van der Waals surface area contributed by atoms with Crippen LogP contribution in [0.4, 0.5) is 0 Å². The highest BCUT2D eigenvalue weighted by atomic mass is 79.9. The van der Waals surface area contributed by atoms with E-state index in [4.69, 9.17) is 4.74 Å². The molecule has 0 fully saturated rings. The van der Waals surface area contributed by atoms with Gasteiger partial charge < -0.3 is 4.74 Å². The highest BCUT2D eigenvalue weighted by Crippen LogP contribution is 2.13. The third-order valence-corrected chi connectivity index (χ3v) is 3.42. The van der Waals surface area contributed by atoms with Crippen LogP contribution in [0.1, 0.15) is 29.8 Å². The normalized spacial score (nSPS) is 11.0. The number of nitrogens with zero attached hydrogens (tertiary/aromatic N) is 1. The van der Waals surface area contributed by atoms with Crippen LogP contribution in [0.15, 0.2) is 58.1 Å². The van der Waals surface area contributed by atoms with Crippen LogP contribution in [0.2, 0.25) is 0 Å². The van der Waals surface area contributed by atoms with Crippen LogP contribution in [0.3, 0.4) is 0 Å². The second-order valence-electron chi connectivity index (χ2n) is 5.48. The Morgan fingerprint density at radius 3 is 2.65 bits per heavy atom. The zero-order chi connectivity index (χ0) is 16.7. The molecule has 0 unspecified atom stereocenters. The molecule has 0 aliphatic rings. The third kappa shape index (κ3) is 5.87. The first kappa shape index (κ1) is 17.2. The Hall–Kier alpha value is -2.14. The van der Waals surface area contributed by atoms with Crippen LogP contribution < -0.4 is 10.2 Å². The number of ether oxygens (including phenoxy) is 1. The quantitative estimate of drug-likeness (QED) is 0.606. The van der Waals surface area contributed by atoms with E-state index in [2.05, 4.69) is 40.3 Å². The molecule has 0 aromatic heterocycles. The van der Waals surface area contributed by atoms with Crippen molar-refractivity contribution in [1.29, 1.82) is 0 Å². The van der Waals surface area contributed by atoms with Crippen molar-refractivity contribution in [3.8, 4) is 5.75 Å². The molecule has 0 heterocycles. The van der Waals surface area contributed by atoms with Crippen molar-refractivity contribution in [2.75, 3.05) is 6.61 Å². The topological polar surface area (TPSA) is 50.7 Å². The lowest BCUT2D eigenvalue weighted by Gasteiger charge is -2.08. The minimum absolute atomic E-state index is 0.251. The van der Waals surface area contributed by atoms with Gasteiger partial charge in [0, 0.05) is 10.0 Å². The van der Waals surface area contributed by atoms with Gasteiger partial charge in [0.1, 0.15) is 5.75 Å². The molecule has 23 heavy (non-hydrogen) atoms. The molecule has 0 aliphatic heterocycles. The molecule has 0 spiro atoms. The molecule has 2 aromatic rings. The predicted molar refractivity (Wildman–Crippen MR) is 96.0 cm³/mol. The molecule has 5 heteroatoms. The van der Waals surface area contributed by atoms with Crippen LogP contribution in [0, 0.1) is 5.92 Å². The van der Waals surface area contributed by atoms with Crippen LogP contribution >= 0.6 is 15.9 Å². The molecule has 0 aliphatic carbocycles. The van der Waals surface area contributed by atoms with E-state index in [-0.39, 0.29) is 5.91 Å². The number of hydrogen-bond acceptors (Lipinski definition) is 3. The lowest BCUT2D eigenvalue weighted by atomic mass is 10.2. The van der Waals surface area contributed by atoms with Crippen molar-refractivity contribution in [1.82, 2.24) is 5.43 Å². The summed E-state index contributed by atoms with van der Waals surface area (Å²) in [5.41, 5.74) is 3.94. The zero-order valence-corrected chi connectivity index (χ0v) is 14.7. The molecule has 2 rings (SSSR count). The Morgan fingerprint density at radius 1 is 1.26 bits per heavy atom. The number of nitrogens with one attached hydrogen (secondary N) is 1. The molecule has 2 aromatic carbocycles. The summed E-state index contributed by atoms with van der Waals surface area (Å²) in [5.74, 6) is 1.07. The second kappa shape index (κ2) is 8.48. The fraction of sp³-hybridized carbons (Fsp3) is 0.222. The molecule has 120 valence electrons. The van der Waals surface area contributed by atoms with Gasteiger partial charge in [-0.25, -0.2) is 5.43 Å². The van der Waals surface area contributed by atoms with Crippen LogP contribution in [-0.4, -0.2) is 18.7 Å². The number of hydrazone groups is 1. The van der Waals surface area contributed by atoms with Crippen LogP contribution in [0.5, 0.6) is 5.75 Å². The van der Waals surface area contributed by atoms with Crippen molar-refractivity contribution in [3.05, 3.63) is 64.1 Å². The Kier molecular flexibility index (Phi) is 6.35. The number of benzene rings is 2. The number of carbonyl (C=O) groups excluding carboxylic acids is 1. The van der Waals surface area contributed by atoms with Crippen molar-refractivity contribution in [2.45, 2.75) is 13.8 Å². The zero-order valence-electron chi connectivity index (χ0n) is 13.1. The van der Waals surface area contributed by atoms with Gasteiger partial charge in [-0.1, -0.05) is 35.8 Å². The van der Waals surface area contributed by atoms with E-state index in [1.165, 1.54) is 0 Å². The largest absolute Gasteiger partial charge is 0.493 e. The summed E-state index contributed by atoms with van der Waals surface area (Å²) in [6.45, 7) is 4.90. The van der Waals surface area contributed by atoms with Crippen molar-refractivity contribution >= 4 is 28.1 Å².